The Hall–Kier alpha value is -0.660. The van der Waals surface area contributed by atoms with Crippen molar-refractivity contribution < 1.29 is 20.1 Å². The van der Waals surface area contributed by atoms with Crippen molar-refractivity contribution in [3.8, 4) is 0 Å². The van der Waals surface area contributed by atoms with Crippen molar-refractivity contribution in [2.24, 2.45) is 11.3 Å². The monoisotopic (exact) mass is 312 g/mol. The first-order chi connectivity index (χ1) is 10.3. The van der Waals surface area contributed by atoms with Gasteiger partial charge in [-0.2, -0.15) is 0 Å². The maximum Gasteiger partial charge on any atom is 0.123 e. The van der Waals surface area contributed by atoms with Crippen molar-refractivity contribution in [3.05, 3.63) is 11.8 Å². The Balaban J connectivity index is 1.83. The first kappa shape index (κ1) is 16.2. The van der Waals surface area contributed by atoms with E-state index in [1.807, 2.05) is 6.92 Å². The lowest BCUT2D eigenvalue weighted by atomic mass is 9.86. The second-order valence-electron chi connectivity index (χ2n) is 7.77. The van der Waals surface area contributed by atoms with Gasteiger partial charge in [0.2, 0.25) is 0 Å². The van der Waals surface area contributed by atoms with E-state index in [-0.39, 0.29) is 17.4 Å². The Morgan fingerprint density at radius 2 is 1.95 bits per heavy atom. The van der Waals surface area contributed by atoms with Gasteiger partial charge in [-0.15, -0.1) is 0 Å². The smallest absolute Gasteiger partial charge is 0.123 e. The van der Waals surface area contributed by atoms with Gasteiger partial charge >= 0.3 is 0 Å². The number of hydrogen-bond donors (Lipinski definition) is 5. The Kier molecular flexibility index (Phi) is 4.02. The number of aliphatic hydroxyl groups is 3. The summed E-state index contributed by atoms with van der Waals surface area (Å²) in [5.74, 6) is 0.234. The average Bonchev–Trinajstić information content (AvgIpc) is 3.15. The highest BCUT2D eigenvalue weighted by Crippen LogP contribution is 2.51. The molecule has 0 bridgehead atoms. The zero-order valence-corrected chi connectivity index (χ0v) is 13.5. The van der Waals surface area contributed by atoms with Crippen LogP contribution in [0.5, 0.6) is 0 Å². The summed E-state index contributed by atoms with van der Waals surface area (Å²) in [4.78, 5) is 0. The Labute approximate surface area is 131 Å². The van der Waals surface area contributed by atoms with Gasteiger partial charge in [0.15, 0.2) is 0 Å². The van der Waals surface area contributed by atoms with Gasteiger partial charge in [0.1, 0.15) is 24.3 Å². The highest BCUT2D eigenvalue weighted by Gasteiger charge is 2.51. The van der Waals surface area contributed by atoms with Crippen LogP contribution in [-0.4, -0.2) is 52.6 Å². The lowest BCUT2D eigenvalue weighted by Gasteiger charge is -2.37. The molecule has 0 radical (unpaired) electrons. The molecule has 126 valence electrons. The van der Waals surface area contributed by atoms with Crippen LogP contribution in [0.3, 0.4) is 0 Å². The fourth-order valence-electron chi connectivity index (χ4n) is 3.95. The number of hydrogen-bond acceptors (Lipinski definition) is 6. The highest BCUT2D eigenvalue weighted by atomic mass is 16.5. The Bertz CT molecular complexity index is 465. The van der Waals surface area contributed by atoms with Crippen LogP contribution in [0.1, 0.15) is 39.5 Å². The molecule has 0 aromatic heterocycles. The molecule has 1 heterocycles. The topological polar surface area (TPSA) is 94.0 Å². The van der Waals surface area contributed by atoms with E-state index in [0.29, 0.717) is 12.2 Å². The SMILES string of the molecule is COC1=CC2C(O)NC(C)(CC3(C)CC3)C(O)NC2CC1O. The number of aliphatic hydroxyl groups excluding tert-OH is 3. The normalized spacial score (nSPS) is 47.2. The fourth-order valence-corrected chi connectivity index (χ4v) is 3.95. The summed E-state index contributed by atoms with van der Waals surface area (Å²) < 4.78 is 5.19. The number of fused-ring (bicyclic) bond motifs is 1. The van der Waals surface area contributed by atoms with Gasteiger partial charge in [-0.1, -0.05) is 6.92 Å². The lowest BCUT2D eigenvalue weighted by Crippen LogP contribution is -2.59. The summed E-state index contributed by atoms with van der Waals surface area (Å²) in [5.41, 5.74) is -0.360. The summed E-state index contributed by atoms with van der Waals surface area (Å²) in [7, 11) is 1.52. The summed E-state index contributed by atoms with van der Waals surface area (Å²) in [6.45, 7) is 4.16. The minimum Gasteiger partial charge on any atom is -0.499 e. The van der Waals surface area contributed by atoms with Crippen LogP contribution >= 0.6 is 0 Å². The van der Waals surface area contributed by atoms with Gasteiger partial charge in [-0.05, 0) is 44.1 Å². The van der Waals surface area contributed by atoms with Gasteiger partial charge < -0.3 is 20.1 Å². The maximum atomic E-state index is 10.6. The third kappa shape index (κ3) is 2.90. The average molecular weight is 312 g/mol. The molecule has 3 aliphatic rings. The molecule has 6 nitrogen and oxygen atoms in total. The van der Waals surface area contributed by atoms with Gasteiger partial charge in [-0.3, -0.25) is 10.6 Å². The van der Waals surface area contributed by atoms with E-state index in [1.54, 1.807) is 6.08 Å². The quantitative estimate of drug-likeness (QED) is 0.505. The Morgan fingerprint density at radius 3 is 2.55 bits per heavy atom. The number of ether oxygens (including phenoxy) is 1. The number of rotatable bonds is 3. The molecular formula is C16H28N2O4. The van der Waals surface area contributed by atoms with Crippen molar-refractivity contribution in [2.75, 3.05) is 7.11 Å². The van der Waals surface area contributed by atoms with Gasteiger partial charge in [-0.25, -0.2) is 0 Å². The van der Waals surface area contributed by atoms with Crippen molar-refractivity contribution in [2.45, 2.75) is 69.7 Å². The Morgan fingerprint density at radius 1 is 1.27 bits per heavy atom. The molecule has 6 heteroatoms. The summed E-state index contributed by atoms with van der Waals surface area (Å²) >= 11 is 0. The molecule has 22 heavy (non-hydrogen) atoms. The van der Waals surface area contributed by atoms with E-state index in [0.717, 1.165) is 19.3 Å². The van der Waals surface area contributed by atoms with E-state index in [9.17, 15) is 15.3 Å². The first-order valence-electron chi connectivity index (χ1n) is 8.10. The summed E-state index contributed by atoms with van der Waals surface area (Å²) in [6.07, 6.45) is 3.02. The minimum atomic E-state index is -0.792. The van der Waals surface area contributed by atoms with E-state index in [2.05, 4.69) is 17.6 Å². The van der Waals surface area contributed by atoms with Gasteiger partial charge in [0.05, 0.1) is 12.6 Å². The molecule has 0 amide bonds. The van der Waals surface area contributed by atoms with Crippen LogP contribution in [0.2, 0.25) is 0 Å². The molecule has 0 spiro atoms. The molecule has 1 saturated heterocycles. The van der Waals surface area contributed by atoms with Crippen molar-refractivity contribution in [1.82, 2.24) is 10.6 Å². The van der Waals surface area contributed by atoms with Gasteiger partial charge in [0.25, 0.3) is 0 Å². The second kappa shape index (κ2) is 5.46. The summed E-state index contributed by atoms with van der Waals surface area (Å²) in [5, 5.41) is 37.8. The summed E-state index contributed by atoms with van der Waals surface area (Å²) in [6, 6.07) is -0.194. The molecule has 1 aliphatic heterocycles. The van der Waals surface area contributed by atoms with E-state index in [1.165, 1.54) is 7.11 Å². The van der Waals surface area contributed by atoms with Crippen molar-refractivity contribution in [3.63, 3.8) is 0 Å². The predicted molar refractivity (Wildman–Crippen MR) is 81.6 cm³/mol. The second-order valence-corrected chi connectivity index (χ2v) is 7.77. The van der Waals surface area contributed by atoms with Crippen molar-refractivity contribution in [1.29, 1.82) is 0 Å². The third-order valence-corrected chi connectivity index (χ3v) is 5.58. The van der Waals surface area contributed by atoms with E-state index < -0.39 is 24.1 Å². The largest absolute Gasteiger partial charge is 0.499 e. The number of methoxy groups -OCH3 is 1. The molecule has 6 atom stereocenters. The molecule has 1 saturated carbocycles. The van der Waals surface area contributed by atoms with E-state index >= 15 is 0 Å². The molecule has 2 aliphatic carbocycles. The van der Waals surface area contributed by atoms with E-state index in [4.69, 9.17) is 4.74 Å². The first-order valence-corrected chi connectivity index (χ1v) is 8.10. The molecular weight excluding hydrogens is 284 g/mol. The van der Waals surface area contributed by atoms with Crippen LogP contribution in [0.4, 0.5) is 0 Å². The van der Waals surface area contributed by atoms with Crippen LogP contribution in [-0.2, 0) is 4.74 Å². The third-order valence-electron chi connectivity index (χ3n) is 5.58. The molecule has 0 aromatic rings. The minimum absolute atomic E-state index is 0.194. The maximum absolute atomic E-state index is 10.6. The van der Waals surface area contributed by atoms with Crippen LogP contribution < -0.4 is 10.6 Å². The van der Waals surface area contributed by atoms with Gasteiger partial charge in [0, 0.05) is 12.0 Å². The van der Waals surface area contributed by atoms with Crippen molar-refractivity contribution >= 4 is 0 Å². The number of nitrogens with one attached hydrogen (secondary N) is 2. The fraction of sp³-hybridized carbons (Fsp3) is 0.875. The zero-order valence-electron chi connectivity index (χ0n) is 13.5. The van der Waals surface area contributed by atoms with Crippen LogP contribution in [0.25, 0.3) is 0 Å². The van der Waals surface area contributed by atoms with Crippen LogP contribution in [0, 0.1) is 11.3 Å². The molecule has 3 rings (SSSR count). The molecule has 6 unspecified atom stereocenters. The van der Waals surface area contributed by atoms with Crippen LogP contribution in [0.15, 0.2) is 11.8 Å². The predicted octanol–water partition coefficient (Wildman–Crippen LogP) is 0.0446. The zero-order chi connectivity index (χ0) is 16.1. The standard InChI is InChI=1S/C16H28N2O4/c1-15(4-5-15)8-16(2)14(21)17-10-7-11(19)12(22-3)6-9(10)13(20)18-16/h6,9-11,13-14,17-21H,4-5,7-8H2,1-3H3. The molecule has 0 aromatic carbocycles. The highest BCUT2D eigenvalue weighted by molar-refractivity contribution is 5.16. The molecule has 5 N–H and O–H groups in total. The molecule has 2 fully saturated rings. The lowest BCUT2D eigenvalue weighted by molar-refractivity contribution is 0.00245.